The van der Waals surface area contributed by atoms with Crippen molar-refractivity contribution < 1.29 is 22.7 Å². The van der Waals surface area contributed by atoms with Gasteiger partial charge in [0.25, 0.3) is 5.91 Å². The maximum Gasteiger partial charge on any atom is 0.256 e. The molecular formula is C18H19BrN2O5S. The Labute approximate surface area is 166 Å². The topological polar surface area (TPSA) is 84.9 Å². The summed E-state index contributed by atoms with van der Waals surface area (Å²) in [5.74, 6) is 0.0736. The number of morpholine rings is 1. The van der Waals surface area contributed by atoms with Gasteiger partial charge < -0.3 is 14.8 Å². The van der Waals surface area contributed by atoms with Gasteiger partial charge >= 0.3 is 0 Å². The first kappa shape index (κ1) is 19.8. The quantitative estimate of drug-likeness (QED) is 0.750. The summed E-state index contributed by atoms with van der Waals surface area (Å²) in [4.78, 5) is 12.8. The number of rotatable bonds is 5. The molecule has 0 saturated carbocycles. The highest BCUT2D eigenvalue weighted by Crippen LogP contribution is 2.27. The summed E-state index contributed by atoms with van der Waals surface area (Å²) in [5, 5.41) is 2.75. The smallest absolute Gasteiger partial charge is 0.256 e. The summed E-state index contributed by atoms with van der Waals surface area (Å²) in [7, 11) is -2.18. The Bertz CT molecular complexity index is 943. The molecule has 1 amide bonds. The van der Waals surface area contributed by atoms with E-state index in [1.807, 2.05) is 0 Å². The fourth-order valence-electron chi connectivity index (χ4n) is 2.71. The molecule has 2 aromatic rings. The first-order valence-electron chi connectivity index (χ1n) is 8.25. The molecule has 144 valence electrons. The Balaban J connectivity index is 1.90. The molecule has 7 nitrogen and oxygen atoms in total. The van der Waals surface area contributed by atoms with E-state index in [4.69, 9.17) is 9.47 Å². The van der Waals surface area contributed by atoms with Crippen LogP contribution in [0.3, 0.4) is 0 Å². The standard InChI is InChI=1S/C18H19BrN2O5S/c1-25-17-5-3-2-4-16(17)20-18(22)14-12-13(6-7-15(14)19)27(23,24)21-8-10-26-11-9-21/h2-7,12H,8-11H2,1H3,(H,20,22). The molecule has 0 radical (unpaired) electrons. The van der Waals surface area contributed by atoms with Crippen molar-refractivity contribution in [2.24, 2.45) is 0 Å². The van der Waals surface area contributed by atoms with Gasteiger partial charge in [-0.2, -0.15) is 4.31 Å². The van der Waals surface area contributed by atoms with E-state index in [-0.39, 0.29) is 10.5 Å². The predicted octanol–water partition coefficient (Wildman–Crippen LogP) is 2.73. The van der Waals surface area contributed by atoms with E-state index < -0.39 is 15.9 Å². The summed E-state index contributed by atoms with van der Waals surface area (Å²) in [6.07, 6.45) is 0. The molecule has 0 spiro atoms. The van der Waals surface area contributed by atoms with Crippen LogP contribution in [0.2, 0.25) is 0 Å². The van der Waals surface area contributed by atoms with Gasteiger partial charge in [-0.05, 0) is 46.3 Å². The SMILES string of the molecule is COc1ccccc1NC(=O)c1cc(S(=O)(=O)N2CCOCC2)ccc1Br. The third-order valence-corrected chi connectivity index (χ3v) is 6.73. The minimum absolute atomic E-state index is 0.0674. The van der Waals surface area contributed by atoms with Crippen LogP contribution in [0.15, 0.2) is 51.8 Å². The van der Waals surface area contributed by atoms with Crippen LogP contribution < -0.4 is 10.1 Å². The predicted molar refractivity (Wildman–Crippen MR) is 105 cm³/mol. The number of benzene rings is 2. The average molecular weight is 455 g/mol. The van der Waals surface area contributed by atoms with Crippen molar-refractivity contribution in [1.82, 2.24) is 4.31 Å². The van der Waals surface area contributed by atoms with E-state index in [0.29, 0.717) is 42.2 Å². The van der Waals surface area contributed by atoms with Crippen molar-refractivity contribution in [2.75, 3.05) is 38.7 Å². The Kier molecular flexibility index (Phi) is 6.15. The zero-order chi connectivity index (χ0) is 19.4. The van der Waals surface area contributed by atoms with Crippen molar-refractivity contribution in [3.63, 3.8) is 0 Å². The van der Waals surface area contributed by atoms with Crippen LogP contribution in [0.4, 0.5) is 5.69 Å². The molecule has 1 N–H and O–H groups in total. The summed E-state index contributed by atoms with van der Waals surface area (Å²) in [6, 6.07) is 11.4. The number of nitrogens with one attached hydrogen (secondary N) is 1. The van der Waals surface area contributed by atoms with Crippen molar-refractivity contribution >= 4 is 37.5 Å². The van der Waals surface area contributed by atoms with Crippen LogP contribution in [0.25, 0.3) is 0 Å². The molecule has 1 aliphatic rings. The number of carbonyl (C=O) groups is 1. The third kappa shape index (κ3) is 4.32. The van der Waals surface area contributed by atoms with Gasteiger partial charge in [0.05, 0.1) is 36.5 Å². The van der Waals surface area contributed by atoms with E-state index in [2.05, 4.69) is 21.2 Å². The molecule has 2 aromatic carbocycles. The van der Waals surface area contributed by atoms with Gasteiger partial charge in [-0.3, -0.25) is 4.79 Å². The molecule has 0 unspecified atom stereocenters. The van der Waals surface area contributed by atoms with Crippen molar-refractivity contribution in [3.05, 3.63) is 52.5 Å². The summed E-state index contributed by atoms with van der Waals surface area (Å²) >= 11 is 3.32. The number of halogens is 1. The molecule has 0 atom stereocenters. The number of para-hydroxylation sites is 2. The zero-order valence-electron chi connectivity index (χ0n) is 14.6. The normalized spacial score (nSPS) is 15.3. The number of hydrogen-bond donors (Lipinski definition) is 1. The molecule has 27 heavy (non-hydrogen) atoms. The summed E-state index contributed by atoms with van der Waals surface area (Å²) in [5.41, 5.74) is 0.716. The number of sulfonamides is 1. The maximum absolute atomic E-state index is 12.8. The second kappa shape index (κ2) is 8.39. The Hall–Kier alpha value is -1.94. The molecule has 3 rings (SSSR count). The van der Waals surface area contributed by atoms with Gasteiger partial charge in [0.2, 0.25) is 10.0 Å². The number of nitrogens with zero attached hydrogens (tertiary/aromatic N) is 1. The fourth-order valence-corrected chi connectivity index (χ4v) is 4.57. The lowest BCUT2D eigenvalue weighted by Crippen LogP contribution is -2.40. The molecule has 9 heteroatoms. The number of amides is 1. The van der Waals surface area contributed by atoms with E-state index in [1.54, 1.807) is 30.3 Å². The lowest BCUT2D eigenvalue weighted by atomic mass is 10.2. The highest BCUT2D eigenvalue weighted by atomic mass is 79.9. The van der Waals surface area contributed by atoms with Gasteiger partial charge in [-0.1, -0.05) is 12.1 Å². The molecule has 1 aliphatic heterocycles. The van der Waals surface area contributed by atoms with Gasteiger partial charge in [-0.25, -0.2) is 8.42 Å². The molecule has 0 aromatic heterocycles. The molecule has 1 fully saturated rings. The number of anilines is 1. The van der Waals surface area contributed by atoms with Gasteiger partial charge in [0.1, 0.15) is 5.75 Å². The number of ether oxygens (including phenoxy) is 2. The fraction of sp³-hybridized carbons (Fsp3) is 0.278. The van der Waals surface area contributed by atoms with E-state index in [1.165, 1.54) is 23.5 Å². The van der Waals surface area contributed by atoms with E-state index in [9.17, 15) is 13.2 Å². The van der Waals surface area contributed by atoms with Crippen molar-refractivity contribution in [3.8, 4) is 5.75 Å². The Morgan fingerprint density at radius 2 is 1.89 bits per heavy atom. The second-order valence-electron chi connectivity index (χ2n) is 5.81. The van der Waals surface area contributed by atoms with Crippen LogP contribution in [-0.4, -0.2) is 52.0 Å². The Morgan fingerprint density at radius 3 is 2.59 bits per heavy atom. The number of hydrogen-bond acceptors (Lipinski definition) is 5. The van der Waals surface area contributed by atoms with Crippen molar-refractivity contribution in [2.45, 2.75) is 4.90 Å². The molecule has 0 aliphatic carbocycles. The lowest BCUT2D eigenvalue weighted by Gasteiger charge is -2.26. The molecule has 0 bridgehead atoms. The largest absolute Gasteiger partial charge is 0.495 e. The van der Waals surface area contributed by atoms with Gasteiger partial charge in [0.15, 0.2) is 0 Å². The van der Waals surface area contributed by atoms with Gasteiger partial charge in [0, 0.05) is 17.6 Å². The molecule has 1 saturated heterocycles. The highest BCUT2D eigenvalue weighted by molar-refractivity contribution is 9.10. The van der Waals surface area contributed by atoms with Crippen LogP contribution >= 0.6 is 15.9 Å². The minimum atomic E-state index is -3.69. The van der Waals surface area contributed by atoms with Crippen LogP contribution in [-0.2, 0) is 14.8 Å². The molecular weight excluding hydrogens is 436 g/mol. The average Bonchev–Trinajstić information content (AvgIpc) is 2.69. The lowest BCUT2D eigenvalue weighted by molar-refractivity contribution is 0.0730. The van der Waals surface area contributed by atoms with E-state index >= 15 is 0 Å². The minimum Gasteiger partial charge on any atom is -0.495 e. The summed E-state index contributed by atoms with van der Waals surface area (Å²) < 4.78 is 38.0. The zero-order valence-corrected chi connectivity index (χ0v) is 17.0. The first-order chi connectivity index (χ1) is 12.9. The number of carbonyl (C=O) groups excluding carboxylic acids is 1. The van der Waals surface area contributed by atoms with Crippen LogP contribution in [0, 0.1) is 0 Å². The third-order valence-electron chi connectivity index (χ3n) is 4.15. The maximum atomic E-state index is 12.8. The van der Waals surface area contributed by atoms with Crippen LogP contribution in [0.5, 0.6) is 5.75 Å². The number of methoxy groups -OCH3 is 1. The monoisotopic (exact) mass is 454 g/mol. The van der Waals surface area contributed by atoms with Gasteiger partial charge in [-0.15, -0.1) is 0 Å². The molecule has 1 heterocycles. The Morgan fingerprint density at radius 1 is 1.19 bits per heavy atom. The van der Waals surface area contributed by atoms with E-state index in [0.717, 1.165) is 0 Å². The summed E-state index contributed by atoms with van der Waals surface area (Å²) in [6.45, 7) is 1.30. The highest BCUT2D eigenvalue weighted by Gasteiger charge is 2.27. The van der Waals surface area contributed by atoms with Crippen LogP contribution in [0.1, 0.15) is 10.4 Å². The van der Waals surface area contributed by atoms with Crippen molar-refractivity contribution in [1.29, 1.82) is 0 Å². The first-order valence-corrected chi connectivity index (χ1v) is 10.5. The second-order valence-corrected chi connectivity index (χ2v) is 8.60.